The summed E-state index contributed by atoms with van der Waals surface area (Å²) in [5, 5.41) is 2.30. The molecule has 5 nitrogen and oxygen atoms in total. The number of likely N-dealkylation sites (N-methyl/N-ethyl adjacent to an activating group) is 1. The van der Waals surface area contributed by atoms with Crippen molar-refractivity contribution >= 4 is 5.96 Å². The molecule has 0 fully saturated rings. The van der Waals surface area contributed by atoms with Crippen molar-refractivity contribution in [2.75, 3.05) is 46.3 Å². The van der Waals surface area contributed by atoms with E-state index in [4.69, 9.17) is 11.5 Å². The fourth-order valence-electron chi connectivity index (χ4n) is 3.18. The molecule has 1 atom stereocenters. The van der Waals surface area contributed by atoms with Crippen LogP contribution < -0.4 is 21.8 Å². The second-order valence-corrected chi connectivity index (χ2v) is 6.17. The molecule has 0 heterocycles. The molecule has 0 aliphatic heterocycles. The van der Waals surface area contributed by atoms with Crippen molar-refractivity contribution in [1.29, 1.82) is 0 Å². The van der Waals surface area contributed by atoms with Gasteiger partial charge in [0.05, 0.1) is 33.2 Å². The molecule has 5 heteroatoms. The first-order chi connectivity index (χ1) is 9.49. The van der Waals surface area contributed by atoms with Crippen molar-refractivity contribution in [3.8, 4) is 0 Å². The third kappa shape index (κ3) is 8.38. The van der Waals surface area contributed by atoms with Crippen molar-refractivity contribution in [2.24, 2.45) is 17.4 Å². The molecule has 0 aromatic rings. The van der Waals surface area contributed by atoms with Gasteiger partial charge in [-0.05, 0) is 19.3 Å². The Hall–Kier alpha value is -0.810. The van der Waals surface area contributed by atoms with E-state index >= 15 is 0 Å². The van der Waals surface area contributed by atoms with E-state index in [9.17, 15) is 0 Å². The average Bonchev–Trinajstić information content (AvgIpc) is 2.36. The first-order valence-corrected chi connectivity index (χ1v) is 8.24. The Morgan fingerprint density at radius 3 is 2.20 bits per heavy atom. The van der Waals surface area contributed by atoms with Gasteiger partial charge in [-0.25, -0.2) is 0 Å². The molecule has 0 saturated carbocycles. The van der Waals surface area contributed by atoms with Gasteiger partial charge in [-0.15, -0.1) is 0 Å². The summed E-state index contributed by atoms with van der Waals surface area (Å²) in [7, 11) is 2.17. The molecule has 20 heavy (non-hydrogen) atoms. The molecule has 0 aromatic carbocycles. The van der Waals surface area contributed by atoms with Gasteiger partial charge in [0.15, 0.2) is 0 Å². The van der Waals surface area contributed by atoms with Crippen LogP contribution in [0.1, 0.15) is 40.0 Å². The van der Waals surface area contributed by atoms with E-state index in [-0.39, 0.29) is 0 Å². The molecule has 0 bridgehead atoms. The maximum atomic E-state index is 5.44. The fraction of sp³-hybridized carbons (Fsp3) is 0.933. The number of nitrogens with two attached hydrogens (primary N) is 3. The minimum absolute atomic E-state index is 0.334. The van der Waals surface area contributed by atoms with E-state index in [2.05, 4.69) is 38.1 Å². The first kappa shape index (κ1) is 19.2. The quantitative estimate of drug-likeness (QED) is 0.194. The summed E-state index contributed by atoms with van der Waals surface area (Å²) >= 11 is 0. The molecule has 1 unspecified atom stereocenters. The van der Waals surface area contributed by atoms with Crippen LogP contribution in [0.3, 0.4) is 0 Å². The van der Waals surface area contributed by atoms with Crippen molar-refractivity contribution in [3.63, 3.8) is 0 Å². The highest BCUT2D eigenvalue weighted by atomic mass is 15.4. The van der Waals surface area contributed by atoms with Gasteiger partial charge < -0.3 is 9.80 Å². The molecule has 0 aromatic heterocycles. The number of quaternary nitrogens is 2. The first-order valence-electron chi connectivity index (χ1n) is 8.24. The largest absolute Gasteiger partial charge is 0.344 e. The molecule has 7 N–H and O–H groups in total. The van der Waals surface area contributed by atoms with Crippen LogP contribution in [0.15, 0.2) is 0 Å². The summed E-state index contributed by atoms with van der Waals surface area (Å²) in [6.07, 6.45) is 3.65. The fourth-order valence-corrected chi connectivity index (χ4v) is 3.18. The second kappa shape index (κ2) is 10.9. The lowest BCUT2D eigenvalue weighted by molar-refractivity contribution is -0.940. The van der Waals surface area contributed by atoms with Crippen LogP contribution >= 0.6 is 0 Å². The van der Waals surface area contributed by atoms with Crippen molar-refractivity contribution in [3.05, 3.63) is 0 Å². The topological polar surface area (TPSA) is 82.6 Å². The van der Waals surface area contributed by atoms with E-state index in [1.165, 1.54) is 50.0 Å². The summed E-state index contributed by atoms with van der Waals surface area (Å²) in [6, 6.07) is 0. The maximum Gasteiger partial charge on any atom is 0.338 e. The number of nitrogens with one attached hydrogen (secondary N) is 1. The Bertz CT molecular complexity index is 255. The number of guanidine groups is 1. The highest BCUT2D eigenvalue weighted by molar-refractivity contribution is 5.69. The molecule has 0 amide bonds. The minimum atomic E-state index is 0.334. The van der Waals surface area contributed by atoms with Gasteiger partial charge >= 0.3 is 5.96 Å². The molecule has 120 valence electrons. The van der Waals surface area contributed by atoms with Crippen molar-refractivity contribution < 1.29 is 14.8 Å². The lowest BCUT2D eigenvalue weighted by Gasteiger charge is -2.40. The lowest BCUT2D eigenvalue weighted by Crippen LogP contribution is -2.82. The van der Waals surface area contributed by atoms with Crippen LogP contribution in [0.2, 0.25) is 0 Å². The zero-order chi connectivity index (χ0) is 15.4. The van der Waals surface area contributed by atoms with Crippen molar-refractivity contribution in [1.82, 2.24) is 0 Å². The zero-order valence-electron chi connectivity index (χ0n) is 14.1. The maximum absolute atomic E-state index is 5.44. The molecule has 0 rings (SSSR count). The van der Waals surface area contributed by atoms with Gasteiger partial charge in [0.2, 0.25) is 0 Å². The Labute approximate surface area is 125 Å². The molecular weight excluding hydrogens is 250 g/mol. The van der Waals surface area contributed by atoms with Gasteiger partial charge in [0, 0.05) is 5.92 Å². The summed E-state index contributed by atoms with van der Waals surface area (Å²) in [5.41, 5.74) is 10.9. The normalized spacial score (nSPS) is 13.2. The van der Waals surface area contributed by atoms with Crippen LogP contribution in [0.5, 0.6) is 0 Å². The van der Waals surface area contributed by atoms with E-state index in [1.54, 1.807) is 0 Å². The van der Waals surface area contributed by atoms with Crippen LogP contribution in [-0.2, 0) is 0 Å². The zero-order valence-corrected chi connectivity index (χ0v) is 14.1. The minimum Gasteiger partial charge on any atom is -0.344 e. The van der Waals surface area contributed by atoms with Crippen LogP contribution in [-0.4, -0.2) is 56.8 Å². The van der Waals surface area contributed by atoms with Crippen molar-refractivity contribution in [2.45, 2.75) is 40.0 Å². The van der Waals surface area contributed by atoms with Crippen LogP contribution in [0.4, 0.5) is 0 Å². The van der Waals surface area contributed by atoms with Gasteiger partial charge in [-0.3, -0.25) is 16.5 Å². The molecule has 0 spiro atoms. The Morgan fingerprint density at radius 2 is 1.75 bits per heavy atom. The van der Waals surface area contributed by atoms with E-state index in [1.807, 2.05) is 0 Å². The second-order valence-electron chi connectivity index (χ2n) is 6.17. The van der Waals surface area contributed by atoms with E-state index in [0.29, 0.717) is 11.9 Å². The van der Waals surface area contributed by atoms with Gasteiger partial charge in [-0.1, -0.05) is 20.8 Å². The summed E-state index contributed by atoms with van der Waals surface area (Å²) in [5.74, 6) is 1.03. The highest BCUT2D eigenvalue weighted by Crippen LogP contribution is 2.15. The van der Waals surface area contributed by atoms with E-state index < -0.39 is 0 Å². The highest BCUT2D eigenvalue weighted by Gasteiger charge is 2.28. The monoisotopic (exact) mass is 288 g/mol. The number of hydrogen-bond acceptors (Lipinski definition) is 0. The van der Waals surface area contributed by atoms with Gasteiger partial charge in [-0.2, -0.15) is 0 Å². The smallest absolute Gasteiger partial charge is 0.338 e. The number of hydrogen-bond donors (Lipinski definition) is 4. The predicted molar refractivity (Wildman–Crippen MR) is 86.0 cm³/mol. The molecular formula is C15H38N5+3. The molecule has 0 radical (unpaired) electrons. The predicted octanol–water partition coefficient (Wildman–Crippen LogP) is -1.80. The third-order valence-electron chi connectivity index (χ3n) is 3.95. The van der Waals surface area contributed by atoms with E-state index in [0.717, 1.165) is 13.0 Å². The SMILES string of the molecule is CCC[N+](CCC)(CC[NH2+]C)CC(C)CC[NH+]=C(N)N. The standard InChI is InChI=1S/C15H36N5/c1-5-10-20(11-6-2,12-9-18-4)13-14(3)7-8-19-15(16)17/h14,18H,5-13H2,1-4H3,(H4,16,17,19)/q+1/p+2. The third-order valence-corrected chi connectivity index (χ3v) is 3.95. The number of rotatable bonds is 12. The Kier molecular flexibility index (Phi) is 10.5. The summed E-state index contributed by atoms with van der Waals surface area (Å²) in [4.78, 5) is 3.03. The van der Waals surface area contributed by atoms with Gasteiger partial charge in [0.25, 0.3) is 0 Å². The molecule has 0 aliphatic carbocycles. The average molecular weight is 289 g/mol. The lowest BCUT2D eigenvalue weighted by atomic mass is 10.0. The molecule has 0 aliphatic rings. The Morgan fingerprint density at radius 1 is 1.15 bits per heavy atom. The summed E-state index contributed by atoms with van der Waals surface area (Å²) in [6.45, 7) is 14.2. The summed E-state index contributed by atoms with van der Waals surface area (Å²) < 4.78 is 1.26. The molecule has 0 saturated heterocycles. The van der Waals surface area contributed by atoms with Crippen LogP contribution in [0.25, 0.3) is 0 Å². The Balaban J connectivity index is 4.53. The number of nitrogens with zero attached hydrogens (tertiary/aromatic N) is 1. The van der Waals surface area contributed by atoms with Crippen LogP contribution in [0, 0.1) is 5.92 Å². The van der Waals surface area contributed by atoms with Gasteiger partial charge in [0.1, 0.15) is 13.1 Å².